The predicted octanol–water partition coefficient (Wildman–Crippen LogP) is 2.85. The topological polar surface area (TPSA) is 102 Å². The van der Waals surface area contributed by atoms with E-state index in [1.54, 1.807) is 38.4 Å². The Morgan fingerprint density at radius 2 is 1.89 bits per heavy atom. The molecule has 28 heavy (non-hydrogen) atoms. The molecule has 0 aliphatic rings. The maximum atomic E-state index is 13.1. The van der Waals surface area contributed by atoms with Gasteiger partial charge < -0.3 is 15.0 Å². The van der Waals surface area contributed by atoms with E-state index < -0.39 is 22.3 Å². The molecule has 0 saturated carbocycles. The van der Waals surface area contributed by atoms with Crippen molar-refractivity contribution in [2.75, 3.05) is 26.0 Å². The Morgan fingerprint density at radius 3 is 2.50 bits per heavy atom. The Kier molecular flexibility index (Phi) is 6.80. The summed E-state index contributed by atoms with van der Waals surface area (Å²) in [6, 6.07) is 9.43. The Labute approximate surface area is 160 Å². The second-order valence-corrected chi connectivity index (χ2v) is 5.88. The maximum absolute atomic E-state index is 13.1. The highest BCUT2D eigenvalue weighted by atomic mass is 19.1. The number of rotatable bonds is 7. The molecule has 2 rings (SSSR count). The van der Waals surface area contributed by atoms with Crippen molar-refractivity contribution < 1.29 is 23.6 Å². The summed E-state index contributed by atoms with van der Waals surface area (Å²) in [6.45, 7) is -0.0993. The molecule has 0 aromatic heterocycles. The quantitative estimate of drug-likeness (QED) is 0.447. The number of carbonyl (C=O) groups is 2. The maximum Gasteiger partial charge on any atom is 0.279 e. The zero-order chi connectivity index (χ0) is 20.7. The fourth-order valence-electron chi connectivity index (χ4n) is 2.07. The van der Waals surface area contributed by atoms with E-state index in [1.165, 1.54) is 17.0 Å². The molecule has 1 N–H and O–H groups in total. The number of carbonyl (C=O) groups excluding carboxylic acids is 2. The molecule has 0 atom stereocenters. The number of nitrogens with zero attached hydrogens (tertiary/aromatic N) is 2. The van der Waals surface area contributed by atoms with Crippen LogP contribution in [-0.2, 0) is 9.59 Å². The lowest BCUT2D eigenvalue weighted by molar-refractivity contribution is -0.385. The van der Waals surface area contributed by atoms with Gasteiger partial charge in [-0.2, -0.15) is 0 Å². The molecular weight excluding hydrogens is 369 g/mol. The third-order valence-corrected chi connectivity index (χ3v) is 3.59. The van der Waals surface area contributed by atoms with Crippen LogP contribution in [0.3, 0.4) is 0 Å². The third-order valence-electron chi connectivity index (χ3n) is 3.59. The molecule has 0 bridgehead atoms. The molecule has 9 heteroatoms. The van der Waals surface area contributed by atoms with Crippen LogP contribution in [0.4, 0.5) is 15.8 Å². The second kappa shape index (κ2) is 9.26. The van der Waals surface area contributed by atoms with Crippen LogP contribution < -0.4 is 10.1 Å². The fourth-order valence-corrected chi connectivity index (χ4v) is 2.07. The number of hydrogen-bond acceptors (Lipinski definition) is 5. The highest BCUT2D eigenvalue weighted by molar-refractivity contribution is 6.02. The molecule has 2 aromatic rings. The van der Waals surface area contributed by atoms with E-state index in [4.69, 9.17) is 4.74 Å². The number of nitro benzene ring substituents is 1. The Balaban J connectivity index is 1.97. The summed E-state index contributed by atoms with van der Waals surface area (Å²) in [6.07, 6.45) is 2.34. The predicted molar refractivity (Wildman–Crippen MR) is 101 cm³/mol. The zero-order valence-electron chi connectivity index (χ0n) is 15.2. The standard InChI is InChI=1S/C19H18FN3O5/c1-22(2)19(25)12-28-16-8-6-15(7-9-16)21-18(24)10-4-13-3-5-14(20)11-17(13)23(26)27/h3-11H,12H2,1-2H3,(H,21,24). The minimum Gasteiger partial charge on any atom is -0.484 e. The number of nitrogens with one attached hydrogen (secondary N) is 1. The first-order valence-corrected chi connectivity index (χ1v) is 8.12. The van der Waals surface area contributed by atoms with E-state index in [-0.39, 0.29) is 18.1 Å². The third kappa shape index (κ3) is 5.90. The molecule has 0 spiro atoms. The number of halogens is 1. The van der Waals surface area contributed by atoms with Gasteiger partial charge >= 0.3 is 0 Å². The van der Waals surface area contributed by atoms with Gasteiger partial charge in [0.2, 0.25) is 5.91 Å². The van der Waals surface area contributed by atoms with Crippen molar-refractivity contribution in [1.29, 1.82) is 0 Å². The van der Waals surface area contributed by atoms with Crippen LogP contribution in [0.1, 0.15) is 5.56 Å². The molecule has 0 saturated heterocycles. The molecule has 0 fully saturated rings. The number of hydrogen-bond donors (Lipinski definition) is 1. The minimum absolute atomic E-state index is 0.0993. The first kappa shape index (κ1) is 20.6. The van der Waals surface area contributed by atoms with Crippen LogP contribution in [0.15, 0.2) is 48.5 Å². The van der Waals surface area contributed by atoms with Crippen molar-refractivity contribution >= 4 is 29.3 Å². The lowest BCUT2D eigenvalue weighted by atomic mass is 10.1. The number of benzene rings is 2. The number of anilines is 1. The van der Waals surface area contributed by atoms with Crippen molar-refractivity contribution in [3.8, 4) is 5.75 Å². The van der Waals surface area contributed by atoms with Crippen molar-refractivity contribution in [2.45, 2.75) is 0 Å². The molecule has 0 unspecified atom stereocenters. The Morgan fingerprint density at radius 1 is 1.21 bits per heavy atom. The van der Waals surface area contributed by atoms with Crippen molar-refractivity contribution in [3.63, 3.8) is 0 Å². The molecule has 2 aromatic carbocycles. The van der Waals surface area contributed by atoms with E-state index in [1.807, 2.05) is 0 Å². The summed E-state index contributed by atoms with van der Waals surface area (Å²) in [4.78, 5) is 35.1. The number of ether oxygens (including phenoxy) is 1. The SMILES string of the molecule is CN(C)C(=O)COc1ccc(NC(=O)C=Cc2ccc(F)cc2[N+](=O)[O-])cc1. The van der Waals surface area contributed by atoms with Crippen LogP contribution in [0.25, 0.3) is 6.08 Å². The summed E-state index contributed by atoms with van der Waals surface area (Å²) in [7, 11) is 3.25. The van der Waals surface area contributed by atoms with Crippen LogP contribution in [0, 0.1) is 15.9 Å². The van der Waals surface area contributed by atoms with Gasteiger partial charge in [-0.15, -0.1) is 0 Å². The molecular formula is C19H18FN3O5. The number of amides is 2. The van der Waals surface area contributed by atoms with Crippen LogP contribution >= 0.6 is 0 Å². The normalized spacial score (nSPS) is 10.5. The van der Waals surface area contributed by atoms with E-state index >= 15 is 0 Å². The van der Waals surface area contributed by atoms with Gasteiger partial charge in [-0.05, 0) is 42.5 Å². The van der Waals surface area contributed by atoms with Gasteiger partial charge in [-0.25, -0.2) is 4.39 Å². The number of likely N-dealkylation sites (N-methyl/N-ethyl adjacent to an activating group) is 1. The van der Waals surface area contributed by atoms with Gasteiger partial charge in [0.05, 0.1) is 16.6 Å². The summed E-state index contributed by atoms with van der Waals surface area (Å²) in [5.74, 6) is -0.971. The minimum atomic E-state index is -0.733. The smallest absolute Gasteiger partial charge is 0.279 e. The summed E-state index contributed by atoms with van der Waals surface area (Å²) < 4.78 is 18.5. The van der Waals surface area contributed by atoms with Crippen molar-refractivity contribution in [1.82, 2.24) is 4.90 Å². The summed E-state index contributed by atoms with van der Waals surface area (Å²) in [5, 5.41) is 13.5. The van der Waals surface area contributed by atoms with E-state index in [0.29, 0.717) is 11.4 Å². The molecule has 8 nitrogen and oxygen atoms in total. The van der Waals surface area contributed by atoms with Gasteiger partial charge in [-0.3, -0.25) is 19.7 Å². The van der Waals surface area contributed by atoms with Gasteiger partial charge in [-0.1, -0.05) is 0 Å². The molecule has 2 amide bonds. The Hall–Kier alpha value is -3.75. The van der Waals surface area contributed by atoms with Gasteiger partial charge in [0.15, 0.2) is 6.61 Å². The lowest BCUT2D eigenvalue weighted by Crippen LogP contribution is -2.27. The monoisotopic (exact) mass is 387 g/mol. The van der Waals surface area contributed by atoms with Crippen LogP contribution in [0.2, 0.25) is 0 Å². The average molecular weight is 387 g/mol. The van der Waals surface area contributed by atoms with Gasteiger partial charge in [0.1, 0.15) is 11.6 Å². The lowest BCUT2D eigenvalue weighted by Gasteiger charge is -2.11. The van der Waals surface area contributed by atoms with Crippen LogP contribution in [0.5, 0.6) is 5.75 Å². The molecule has 0 aliphatic heterocycles. The van der Waals surface area contributed by atoms with E-state index in [2.05, 4.69) is 5.32 Å². The zero-order valence-corrected chi connectivity index (χ0v) is 15.2. The fraction of sp³-hybridized carbons (Fsp3) is 0.158. The molecule has 0 aliphatic carbocycles. The first-order chi connectivity index (χ1) is 13.3. The average Bonchev–Trinajstić information content (AvgIpc) is 2.66. The summed E-state index contributed by atoms with van der Waals surface area (Å²) in [5.41, 5.74) is 0.142. The van der Waals surface area contributed by atoms with Gasteiger partial charge in [0.25, 0.3) is 11.6 Å². The van der Waals surface area contributed by atoms with E-state index in [0.717, 1.165) is 18.2 Å². The largest absolute Gasteiger partial charge is 0.484 e. The highest BCUT2D eigenvalue weighted by Gasteiger charge is 2.13. The van der Waals surface area contributed by atoms with Gasteiger partial charge in [0, 0.05) is 25.9 Å². The Bertz CT molecular complexity index is 910. The summed E-state index contributed by atoms with van der Waals surface area (Å²) >= 11 is 0. The molecule has 146 valence electrons. The van der Waals surface area contributed by atoms with Crippen LogP contribution in [-0.4, -0.2) is 42.3 Å². The highest BCUT2D eigenvalue weighted by Crippen LogP contribution is 2.21. The molecule has 0 heterocycles. The van der Waals surface area contributed by atoms with Crippen molar-refractivity contribution in [3.05, 3.63) is 70.0 Å². The molecule has 0 radical (unpaired) electrons. The van der Waals surface area contributed by atoms with E-state index in [9.17, 15) is 24.1 Å². The first-order valence-electron chi connectivity index (χ1n) is 8.12. The second-order valence-electron chi connectivity index (χ2n) is 5.88. The van der Waals surface area contributed by atoms with Crippen molar-refractivity contribution in [2.24, 2.45) is 0 Å². The number of nitro groups is 1.